The maximum Gasteiger partial charge on any atom is 0.220 e. The molecule has 0 aliphatic heterocycles. The van der Waals surface area contributed by atoms with Crippen molar-refractivity contribution in [2.45, 2.75) is 31.6 Å². The molecular weight excluding hydrogens is 322 g/mol. The number of benzene rings is 2. The average Bonchev–Trinajstić information content (AvgIpc) is 3.21. The molecule has 3 aromatic rings. The van der Waals surface area contributed by atoms with Crippen molar-refractivity contribution in [1.29, 1.82) is 0 Å². The summed E-state index contributed by atoms with van der Waals surface area (Å²) in [7, 11) is 0. The minimum atomic E-state index is 0.0855. The highest BCUT2D eigenvalue weighted by atomic mass is 16.1. The van der Waals surface area contributed by atoms with E-state index in [-0.39, 0.29) is 11.8 Å². The van der Waals surface area contributed by atoms with Crippen molar-refractivity contribution in [1.82, 2.24) is 15.3 Å². The normalized spacial score (nSPS) is 10.8. The van der Waals surface area contributed by atoms with E-state index < -0.39 is 0 Å². The zero-order valence-corrected chi connectivity index (χ0v) is 14.9. The number of carbonyl (C=O) groups is 1. The lowest BCUT2D eigenvalue weighted by Crippen LogP contribution is -2.26. The third kappa shape index (κ3) is 5.31. The highest BCUT2D eigenvalue weighted by Crippen LogP contribution is 2.27. The zero-order valence-electron chi connectivity index (χ0n) is 14.9. The Morgan fingerprint density at radius 3 is 2.19 bits per heavy atom. The van der Waals surface area contributed by atoms with Gasteiger partial charge in [0.2, 0.25) is 5.91 Å². The van der Waals surface area contributed by atoms with Crippen molar-refractivity contribution < 1.29 is 4.79 Å². The number of amides is 1. The fourth-order valence-electron chi connectivity index (χ4n) is 3.15. The van der Waals surface area contributed by atoms with Crippen LogP contribution < -0.4 is 5.32 Å². The van der Waals surface area contributed by atoms with E-state index in [1.54, 1.807) is 6.33 Å². The predicted octanol–water partition coefficient (Wildman–Crippen LogP) is 4.07. The molecule has 4 heteroatoms. The molecular formula is C22H25N3O. The number of hydrogen-bond donors (Lipinski definition) is 2. The van der Waals surface area contributed by atoms with Gasteiger partial charge in [-0.1, -0.05) is 60.7 Å². The van der Waals surface area contributed by atoms with Gasteiger partial charge < -0.3 is 10.3 Å². The first-order chi connectivity index (χ1) is 12.8. The Hall–Kier alpha value is -2.88. The van der Waals surface area contributed by atoms with Crippen LogP contribution in [0.3, 0.4) is 0 Å². The Kier molecular flexibility index (Phi) is 6.59. The number of H-pyrrole nitrogens is 1. The van der Waals surface area contributed by atoms with Crippen molar-refractivity contribution in [2.75, 3.05) is 6.54 Å². The lowest BCUT2D eigenvalue weighted by molar-refractivity contribution is -0.121. The van der Waals surface area contributed by atoms with E-state index in [1.165, 1.54) is 11.1 Å². The van der Waals surface area contributed by atoms with E-state index in [9.17, 15) is 4.79 Å². The third-order valence-corrected chi connectivity index (χ3v) is 4.54. The number of rotatable bonds is 9. The average molecular weight is 347 g/mol. The van der Waals surface area contributed by atoms with Crippen LogP contribution in [0.5, 0.6) is 0 Å². The molecule has 1 heterocycles. The molecule has 1 aromatic heterocycles. The van der Waals surface area contributed by atoms with Crippen LogP contribution in [0.1, 0.15) is 42.0 Å². The van der Waals surface area contributed by atoms with Crippen LogP contribution in [0, 0.1) is 0 Å². The SMILES string of the molecule is O=C(CC(c1ccccc1)c1ccccc1)NCCCCc1cnc[nH]1. The molecule has 2 N–H and O–H groups in total. The van der Waals surface area contributed by atoms with E-state index in [0.29, 0.717) is 13.0 Å². The van der Waals surface area contributed by atoms with Gasteiger partial charge in [-0.05, 0) is 30.4 Å². The van der Waals surface area contributed by atoms with Gasteiger partial charge in [-0.2, -0.15) is 0 Å². The van der Waals surface area contributed by atoms with Gasteiger partial charge in [0.1, 0.15) is 0 Å². The lowest BCUT2D eigenvalue weighted by atomic mass is 9.88. The molecule has 3 rings (SSSR count). The number of aromatic amines is 1. The second-order valence-electron chi connectivity index (χ2n) is 6.46. The van der Waals surface area contributed by atoms with Crippen LogP contribution >= 0.6 is 0 Å². The van der Waals surface area contributed by atoms with Gasteiger partial charge in [0.05, 0.1) is 6.33 Å². The summed E-state index contributed by atoms with van der Waals surface area (Å²) in [5.41, 5.74) is 3.49. The summed E-state index contributed by atoms with van der Waals surface area (Å²) in [6.45, 7) is 0.712. The summed E-state index contributed by atoms with van der Waals surface area (Å²) in [5.74, 6) is 0.187. The smallest absolute Gasteiger partial charge is 0.220 e. The summed E-state index contributed by atoms with van der Waals surface area (Å²) in [6.07, 6.45) is 6.98. The number of imidazole rings is 1. The molecule has 134 valence electrons. The van der Waals surface area contributed by atoms with Gasteiger partial charge >= 0.3 is 0 Å². The molecule has 0 aliphatic rings. The van der Waals surface area contributed by atoms with Crippen LogP contribution in [0.4, 0.5) is 0 Å². The zero-order chi connectivity index (χ0) is 18.0. The molecule has 26 heavy (non-hydrogen) atoms. The Balaban J connectivity index is 1.51. The van der Waals surface area contributed by atoms with E-state index in [2.05, 4.69) is 39.6 Å². The van der Waals surface area contributed by atoms with Gasteiger partial charge in [-0.3, -0.25) is 4.79 Å². The molecule has 0 spiro atoms. The number of nitrogens with zero attached hydrogens (tertiary/aromatic N) is 1. The summed E-state index contributed by atoms with van der Waals surface area (Å²) < 4.78 is 0. The quantitative estimate of drug-likeness (QED) is 0.573. The van der Waals surface area contributed by atoms with Gasteiger partial charge in [-0.15, -0.1) is 0 Å². The third-order valence-electron chi connectivity index (χ3n) is 4.54. The van der Waals surface area contributed by atoms with Crippen molar-refractivity contribution in [3.05, 3.63) is 90.0 Å². The first kappa shape index (κ1) is 17.9. The van der Waals surface area contributed by atoms with Crippen LogP contribution in [0.2, 0.25) is 0 Å². The Morgan fingerprint density at radius 1 is 0.962 bits per heavy atom. The monoisotopic (exact) mass is 347 g/mol. The second-order valence-corrected chi connectivity index (χ2v) is 6.46. The molecule has 0 aliphatic carbocycles. The van der Waals surface area contributed by atoms with Gasteiger partial charge in [0, 0.05) is 30.8 Å². The maximum atomic E-state index is 12.5. The van der Waals surface area contributed by atoms with E-state index in [1.807, 2.05) is 42.6 Å². The number of unbranched alkanes of at least 4 members (excludes halogenated alkanes) is 1. The van der Waals surface area contributed by atoms with Crippen LogP contribution in [-0.4, -0.2) is 22.4 Å². The fraction of sp³-hybridized carbons (Fsp3) is 0.273. The number of hydrogen-bond acceptors (Lipinski definition) is 2. The number of aryl methyl sites for hydroxylation is 1. The molecule has 0 saturated carbocycles. The molecule has 0 bridgehead atoms. The predicted molar refractivity (Wildman–Crippen MR) is 104 cm³/mol. The largest absolute Gasteiger partial charge is 0.356 e. The Bertz CT molecular complexity index is 730. The first-order valence-electron chi connectivity index (χ1n) is 9.17. The highest BCUT2D eigenvalue weighted by Gasteiger charge is 2.17. The standard InChI is InChI=1S/C22H25N3O/c26-22(24-14-8-7-13-20-16-23-17-25-20)15-21(18-9-3-1-4-10-18)19-11-5-2-6-12-19/h1-6,9-12,16-17,21H,7-8,13-15H2,(H,23,25)(H,24,26). The number of aromatic nitrogens is 2. The van der Waals surface area contributed by atoms with E-state index in [0.717, 1.165) is 25.0 Å². The van der Waals surface area contributed by atoms with E-state index >= 15 is 0 Å². The minimum Gasteiger partial charge on any atom is -0.356 e. The summed E-state index contributed by atoms with van der Waals surface area (Å²) >= 11 is 0. The summed E-state index contributed by atoms with van der Waals surface area (Å²) in [6, 6.07) is 20.5. The lowest BCUT2D eigenvalue weighted by Gasteiger charge is -2.18. The van der Waals surface area contributed by atoms with Crippen molar-refractivity contribution in [3.8, 4) is 0 Å². The van der Waals surface area contributed by atoms with Gasteiger partial charge in [-0.25, -0.2) is 4.98 Å². The van der Waals surface area contributed by atoms with Crippen LogP contribution in [0.25, 0.3) is 0 Å². The van der Waals surface area contributed by atoms with Crippen molar-refractivity contribution >= 4 is 5.91 Å². The van der Waals surface area contributed by atoms with Gasteiger partial charge in [0.15, 0.2) is 0 Å². The highest BCUT2D eigenvalue weighted by molar-refractivity contribution is 5.77. The van der Waals surface area contributed by atoms with Crippen molar-refractivity contribution in [2.24, 2.45) is 0 Å². The molecule has 0 atom stereocenters. The number of carbonyl (C=O) groups excluding carboxylic acids is 1. The van der Waals surface area contributed by atoms with Crippen LogP contribution in [-0.2, 0) is 11.2 Å². The van der Waals surface area contributed by atoms with Crippen molar-refractivity contribution in [3.63, 3.8) is 0 Å². The molecule has 0 saturated heterocycles. The fourth-order valence-corrected chi connectivity index (χ4v) is 3.15. The Morgan fingerprint density at radius 2 is 1.62 bits per heavy atom. The molecule has 0 unspecified atom stereocenters. The second kappa shape index (κ2) is 9.56. The molecule has 1 amide bonds. The minimum absolute atomic E-state index is 0.0855. The van der Waals surface area contributed by atoms with E-state index in [4.69, 9.17) is 0 Å². The number of nitrogens with one attached hydrogen (secondary N) is 2. The van der Waals surface area contributed by atoms with Crippen LogP contribution in [0.15, 0.2) is 73.2 Å². The molecule has 0 radical (unpaired) electrons. The maximum absolute atomic E-state index is 12.5. The summed E-state index contributed by atoms with van der Waals surface area (Å²) in [5, 5.41) is 3.07. The molecule has 4 nitrogen and oxygen atoms in total. The van der Waals surface area contributed by atoms with Gasteiger partial charge in [0.25, 0.3) is 0 Å². The topological polar surface area (TPSA) is 57.8 Å². The molecule has 2 aromatic carbocycles. The molecule has 0 fully saturated rings. The summed E-state index contributed by atoms with van der Waals surface area (Å²) in [4.78, 5) is 19.6. The Labute approximate surface area is 154 Å². The first-order valence-corrected chi connectivity index (χ1v) is 9.17.